The number of hydrogen-bond donors (Lipinski definition) is 0. The Morgan fingerprint density at radius 1 is 0.280 bits per heavy atom. The van der Waals surface area contributed by atoms with Gasteiger partial charge in [-0.1, -0.05) is 300 Å². The lowest BCUT2D eigenvalue weighted by atomic mass is 10.0. The average Bonchev–Trinajstić information content (AvgIpc) is 3.41. The van der Waals surface area contributed by atoms with Crippen LogP contribution in [0, 0.1) is 0 Å². The van der Waals surface area contributed by atoms with Crippen LogP contribution in [0.5, 0.6) is 0 Å². The zero-order chi connectivity index (χ0) is 54.3. The summed E-state index contributed by atoms with van der Waals surface area (Å²) in [5.41, 5.74) is 0. The van der Waals surface area contributed by atoms with E-state index in [1.54, 1.807) is 0 Å². The lowest BCUT2D eigenvalue weighted by Gasteiger charge is -2.18. The third-order valence-corrected chi connectivity index (χ3v) is 14.5. The van der Waals surface area contributed by atoms with Gasteiger partial charge in [-0.3, -0.25) is 14.4 Å². The number of ether oxygens (including phenoxy) is 3. The summed E-state index contributed by atoms with van der Waals surface area (Å²) in [4.78, 5) is 38.3. The molecule has 0 amide bonds. The highest BCUT2D eigenvalue weighted by Gasteiger charge is 2.19. The first kappa shape index (κ1) is 72.1. The van der Waals surface area contributed by atoms with Crippen molar-refractivity contribution in [2.45, 2.75) is 348 Å². The summed E-state index contributed by atoms with van der Waals surface area (Å²) in [5, 5.41) is 0. The maximum absolute atomic E-state index is 12.9. The molecule has 0 saturated heterocycles. The Kier molecular flexibility index (Phi) is 61.2. The van der Waals surface area contributed by atoms with Gasteiger partial charge in [0.05, 0.1) is 0 Å². The van der Waals surface area contributed by atoms with Gasteiger partial charge in [-0.25, -0.2) is 0 Å². The first-order valence-electron chi connectivity index (χ1n) is 32.8. The van der Waals surface area contributed by atoms with Gasteiger partial charge in [-0.15, -0.1) is 0 Å². The third kappa shape index (κ3) is 61.8. The monoisotopic (exact) mass is 1050 g/mol. The summed E-state index contributed by atoms with van der Waals surface area (Å²) >= 11 is 0. The summed E-state index contributed by atoms with van der Waals surface area (Å²) < 4.78 is 16.9. The number of carbonyl (C=O) groups excluding carboxylic acids is 3. The molecule has 0 bridgehead atoms. The van der Waals surface area contributed by atoms with Crippen LogP contribution in [0.4, 0.5) is 0 Å². The minimum atomic E-state index is -0.777. The molecule has 0 aromatic rings. The van der Waals surface area contributed by atoms with E-state index in [1.165, 1.54) is 212 Å². The summed E-state index contributed by atoms with van der Waals surface area (Å²) in [6, 6.07) is 0. The molecule has 0 aliphatic carbocycles. The molecule has 0 aromatic carbocycles. The van der Waals surface area contributed by atoms with E-state index in [0.29, 0.717) is 19.3 Å². The average molecular weight is 1050 g/mol. The Morgan fingerprint density at radius 3 is 0.827 bits per heavy atom. The van der Waals surface area contributed by atoms with Crippen LogP contribution in [0.15, 0.2) is 60.8 Å². The molecule has 0 aliphatic rings. The molecule has 436 valence electrons. The number of unbranched alkanes of at least 4 members (excludes halogenated alkanes) is 39. The van der Waals surface area contributed by atoms with Crippen molar-refractivity contribution in [2.75, 3.05) is 13.2 Å². The van der Waals surface area contributed by atoms with E-state index in [4.69, 9.17) is 14.2 Å². The van der Waals surface area contributed by atoms with Gasteiger partial charge in [0, 0.05) is 19.3 Å². The topological polar surface area (TPSA) is 78.9 Å². The second kappa shape index (κ2) is 63.6. The van der Waals surface area contributed by atoms with Crippen LogP contribution in [0.3, 0.4) is 0 Å². The first-order chi connectivity index (χ1) is 37.0. The molecule has 0 saturated carbocycles. The SMILES string of the molecule is CC/C=C\C/C=C\C/C=C\C/C=C\CCCCCCCCCCC(=O)OC(COC(=O)CCCCCCCCCCCCC)COC(=O)CCCCCCCCCCCCCCC/C=C\CCCCCCCCCC. The highest BCUT2D eigenvalue weighted by Crippen LogP contribution is 2.17. The number of carbonyl (C=O) groups is 3. The molecule has 75 heavy (non-hydrogen) atoms. The smallest absolute Gasteiger partial charge is 0.306 e. The molecule has 0 N–H and O–H groups in total. The summed E-state index contributed by atoms with van der Waals surface area (Å²) in [6.45, 7) is 6.56. The number of esters is 3. The minimum Gasteiger partial charge on any atom is -0.462 e. The molecule has 0 rings (SSSR count). The van der Waals surface area contributed by atoms with Crippen LogP contribution in [0.25, 0.3) is 0 Å². The van der Waals surface area contributed by atoms with Crippen LogP contribution < -0.4 is 0 Å². The predicted octanol–water partition coefficient (Wildman–Crippen LogP) is 22.3. The zero-order valence-electron chi connectivity index (χ0n) is 50.1. The zero-order valence-corrected chi connectivity index (χ0v) is 50.1. The Morgan fingerprint density at radius 2 is 0.520 bits per heavy atom. The van der Waals surface area contributed by atoms with Gasteiger partial charge >= 0.3 is 17.9 Å². The van der Waals surface area contributed by atoms with Gasteiger partial charge in [0.15, 0.2) is 6.10 Å². The van der Waals surface area contributed by atoms with Crippen molar-refractivity contribution in [1.82, 2.24) is 0 Å². The fraction of sp³-hybridized carbons (Fsp3) is 0.812. The Labute approximate surface area is 466 Å². The van der Waals surface area contributed by atoms with Crippen LogP contribution in [-0.4, -0.2) is 37.2 Å². The van der Waals surface area contributed by atoms with E-state index in [2.05, 4.69) is 81.5 Å². The fourth-order valence-electron chi connectivity index (χ4n) is 9.61. The maximum atomic E-state index is 12.9. The molecule has 0 radical (unpaired) electrons. The molecule has 0 spiro atoms. The normalized spacial score (nSPS) is 12.4. The van der Waals surface area contributed by atoms with Crippen molar-refractivity contribution >= 4 is 17.9 Å². The van der Waals surface area contributed by atoms with Gasteiger partial charge < -0.3 is 14.2 Å². The highest BCUT2D eigenvalue weighted by molar-refractivity contribution is 5.71. The first-order valence-corrected chi connectivity index (χ1v) is 32.8. The third-order valence-electron chi connectivity index (χ3n) is 14.5. The van der Waals surface area contributed by atoms with Gasteiger partial charge in [0.2, 0.25) is 0 Å². The molecular weight excluding hydrogens is 925 g/mol. The van der Waals surface area contributed by atoms with Crippen LogP contribution in [-0.2, 0) is 28.6 Å². The van der Waals surface area contributed by atoms with Gasteiger partial charge in [0.25, 0.3) is 0 Å². The van der Waals surface area contributed by atoms with E-state index >= 15 is 0 Å². The van der Waals surface area contributed by atoms with E-state index in [0.717, 1.165) is 89.9 Å². The summed E-state index contributed by atoms with van der Waals surface area (Å²) in [5.74, 6) is -0.864. The van der Waals surface area contributed by atoms with Crippen LogP contribution in [0.1, 0.15) is 342 Å². The summed E-state index contributed by atoms with van der Waals surface area (Å²) in [6.07, 6.45) is 80.9. The van der Waals surface area contributed by atoms with Crippen LogP contribution in [0.2, 0.25) is 0 Å². The summed E-state index contributed by atoms with van der Waals surface area (Å²) in [7, 11) is 0. The lowest BCUT2D eigenvalue weighted by molar-refractivity contribution is -0.167. The quantitative estimate of drug-likeness (QED) is 0.0261. The van der Waals surface area contributed by atoms with E-state index in [1.807, 2.05) is 0 Å². The molecule has 0 aliphatic heterocycles. The minimum absolute atomic E-state index is 0.0739. The molecule has 6 heteroatoms. The van der Waals surface area contributed by atoms with Crippen molar-refractivity contribution in [3.63, 3.8) is 0 Å². The fourth-order valence-corrected chi connectivity index (χ4v) is 9.61. The molecule has 1 atom stereocenters. The van der Waals surface area contributed by atoms with E-state index in [-0.39, 0.29) is 31.1 Å². The van der Waals surface area contributed by atoms with Crippen molar-refractivity contribution in [3.8, 4) is 0 Å². The Bertz CT molecular complexity index is 1340. The van der Waals surface area contributed by atoms with Gasteiger partial charge in [-0.05, 0) is 83.5 Å². The molecule has 0 fully saturated rings. The standard InChI is InChI=1S/C69H124O6/c1-4-7-10-13-16-19-22-24-26-28-30-32-33-34-35-37-38-40-42-44-47-50-53-56-59-62-68(71)74-65-66(64-73-67(70)61-58-55-52-49-46-21-18-15-12-9-6-3)75-69(72)63-60-57-54-51-48-45-43-41-39-36-31-29-27-25-23-20-17-14-11-8-5-2/h8,11,17,20,25,27-28,30-31,36,66H,4-7,9-10,12-16,18-19,21-24,26,29,32-35,37-65H2,1-3H3/b11-8-,20-17-,27-25-,30-28-,36-31-. The highest BCUT2D eigenvalue weighted by atomic mass is 16.6. The van der Waals surface area contributed by atoms with Gasteiger partial charge in [-0.2, -0.15) is 0 Å². The maximum Gasteiger partial charge on any atom is 0.306 e. The largest absolute Gasteiger partial charge is 0.462 e. The number of hydrogen-bond acceptors (Lipinski definition) is 6. The van der Waals surface area contributed by atoms with Crippen molar-refractivity contribution < 1.29 is 28.6 Å². The van der Waals surface area contributed by atoms with Crippen molar-refractivity contribution in [2.24, 2.45) is 0 Å². The van der Waals surface area contributed by atoms with Crippen molar-refractivity contribution in [1.29, 1.82) is 0 Å². The second-order valence-corrected chi connectivity index (χ2v) is 22.0. The molecular formula is C69H124O6. The number of allylic oxidation sites excluding steroid dienone is 10. The Balaban J connectivity index is 4.24. The number of rotatable bonds is 60. The van der Waals surface area contributed by atoms with E-state index < -0.39 is 6.10 Å². The van der Waals surface area contributed by atoms with E-state index in [9.17, 15) is 14.4 Å². The molecule has 0 heterocycles. The predicted molar refractivity (Wildman–Crippen MR) is 325 cm³/mol. The molecule has 0 aromatic heterocycles. The lowest BCUT2D eigenvalue weighted by Crippen LogP contribution is -2.30. The van der Waals surface area contributed by atoms with Crippen LogP contribution >= 0.6 is 0 Å². The van der Waals surface area contributed by atoms with Gasteiger partial charge in [0.1, 0.15) is 13.2 Å². The van der Waals surface area contributed by atoms with Crippen molar-refractivity contribution in [3.05, 3.63) is 60.8 Å². The Hall–Kier alpha value is -2.89. The second-order valence-electron chi connectivity index (χ2n) is 22.0. The molecule has 1 unspecified atom stereocenters. The molecule has 6 nitrogen and oxygen atoms in total.